The smallest absolute Gasteiger partial charge is 0.227 e. The van der Waals surface area contributed by atoms with E-state index in [1.54, 1.807) is 0 Å². The van der Waals surface area contributed by atoms with Crippen LogP contribution in [0.1, 0.15) is 12.5 Å². The van der Waals surface area contributed by atoms with Crippen molar-refractivity contribution >= 4 is 23.3 Å². The first-order chi connectivity index (χ1) is 12.2. The van der Waals surface area contributed by atoms with Gasteiger partial charge < -0.3 is 14.5 Å². The molecule has 0 saturated carbocycles. The van der Waals surface area contributed by atoms with Crippen LogP contribution < -0.4 is 9.64 Å². The third-order valence-corrected chi connectivity index (χ3v) is 4.54. The second kappa shape index (κ2) is 8.16. The Balaban J connectivity index is 1.57. The lowest BCUT2D eigenvalue weighted by Crippen LogP contribution is -2.49. The molecule has 1 fully saturated rings. The van der Waals surface area contributed by atoms with E-state index < -0.39 is 0 Å². The van der Waals surface area contributed by atoms with E-state index in [2.05, 4.69) is 14.9 Å². The molecule has 1 aromatic carbocycles. The van der Waals surface area contributed by atoms with Gasteiger partial charge in [-0.3, -0.25) is 4.79 Å². The largest absolute Gasteiger partial charge is 0.478 e. The Hall–Kier alpha value is -2.34. The molecule has 0 unspecified atom stereocenters. The summed E-state index contributed by atoms with van der Waals surface area (Å²) in [5, 5.41) is 0.638. The normalized spacial score (nSPS) is 14.5. The topological polar surface area (TPSA) is 58.6 Å². The molecule has 7 heteroatoms. The molecule has 132 valence electrons. The van der Waals surface area contributed by atoms with Gasteiger partial charge in [0.2, 0.25) is 11.8 Å². The highest BCUT2D eigenvalue weighted by Crippen LogP contribution is 2.19. The molecule has 2 heterocycles. The number of hydrogen-bond donors (Lipinski definition) is 0. The standard InChI is InChI=1S/C18H21ClN4O2/c1-2-25-17-12-16(20-13-21-17)22-7-9-23(10-8-22)18(24)11-14-5-3-4-6-15(14)19/h3-6,12-13H,2,7-11H2,1H3. The molecule has 1 saturated heterocycles. The highest BCUT2D eigenvalue weighted by Gasteiger charge is 2.22. The van der Waals surface area contributed by atoms with Gasteiger partial charge >= 0.3 is 0 Å². The van der Waals surface area contributed by atoms with E-state index in [1.807, 2.05) is 42.2 Å². The minimum Gasteiger partial charge on any atom is -0.478 e. The summed E-state index contributed by atoms with van der Waals surface area (Å²) in [5.74, 6) is 1.51. The summed E-state index contributed by atoms with van der Waals surface area (Å²) in [7, 11) is 0. The van der Waals surface area contributed by atoms with Crippen LogP contribution >= 0.6 is 11.6 Å². The summed E-state index contributed by atoms with van der Waals surface area (Å²) in [5.41, 5.74) is 0.869. The monoisotopic (exact) mass is 360 g/mol. The maximum atomic E-state index is 12.5. The molecule has 3 rings (SSSR count). The maximum Gasteiger partial charge on any atom is 0.227 e. The molecule has 6 nitrogen and oxygen atoms in total. The summed E-state index contributed by atoms with van der Waals surface area (Å²) in [6.45, 7) is 5.29. The van der Waals surface area contributed by atoms with Crippen LogP contribution in [0.25, 0.3) is 0 Å². The molecule has 25 heavy (non-hydrogen) atoms. The van der Waals surface area contributed by atoms with E-state index in [0.29, 0.717) is 37.0 Å². The van der Waals surface area contributed by atoms with Gasteiger partial charge in [0.1, 0.15) is 12.1 Å². The van der Waals surface area contributed by atoms with E-state index in [-0.39, 0.29) is 5.91 Å². The number of rotatable bonds is 5. The SMILES string of the molecule is CCOc1cc(N2CCN(C(=O)Cc3ccccc3Cl)CC2)ncn1. The van der Waals surface area contributed by atoms with Crippen molar-refractivity contribution < 1.29 is 9.53 Å². The van der Waals surface area contributed by atoms with Gasteiger partial charge in [-0.05, 0) is 18.6 Å². The summed E-state index contributed by atoms with van der Waals surface area (Å²) in [6, 6.07) is 9.31. The Morgan fingerprint density at radius 1 is 1.20 bits per heavy atom. The van der Waals surface area contributed by atoms with Crippen LogP contribution in [0.2, 0.25) is 5.02 Å². The van der Waals surface area contributed by atoms with E-state index in [4.69, 9.17) is 16.3 Å². The molecule has 0 bridgehead atoms. The maximum absolute atomic E-state index is 12.5. The van der Waals surface area contributed by atoms with E-state index >= 15 is 0 Å². The van der Waals surface area contributed by atoms with Gasteiger partial charge in [-0.25, -0.2) is 9.97 Å². The number of carbonyl (C=O) groups is 1. The van der Waals surface area contributed by atoms with Crippen molar-refractivity contribution in [1.29, 1.82) is 0 Å². The quantitative estimate of drug-likeness (QED) is 0.819. The average molecular weight is 361 g/mol. The number of hydrogen-bond acceptors (Lipinski definition) is 5. The van der Waals surface area contributed by atoms with Gasteiger partial charge in [-0.1, -0.05) is 29.8 Å². The molecular formula is C18H21ClN4O2. The molecular weight excluding hydrogens is 340 g/mol. The highest BCUT2D eigenvalue weighted by molar-refractivity contribution is 6.31. The number of amides is 1. The van der Waals surface area contributed by atoms with Crippen molar-refractivity contribution in [3.05, 3.63) is 47.2 Å². The van der Waals surface area contributed by atoms with Crippen LogP contribution in [0, 0.1) is 0 Å². The second-order valence-corrected chi connectivity index (χ2v) is 6.19. The molecule has 0 N–H and O–H groups in total. The van der Waals surface area contributed by atoms with Crippen LogP contribution in [-0.2, 0) is 11.2 Å². The molecule has 0 aliphatic carbocycles. The Morgan fingerprint density at radius 3 is 2.68 bits per heavy atom. The zero-order valence-electron chi connectivity index (χ0n) is 14.2. The first-order valence-corrected chi connectivity index (χ1v) is 8.76. The molecule has 1 amide bonds. The lowest BCUT2D eigenvalue weighted by atomic mass is 10.1. The van der Waals surface area contributed by atoms with Gasteiger partial charge in [0.25, 0.3) is 0 Å². The first kappa shape index (κ1) is 17.5. The lowest BCUT2D eigenvalue weighted by molar-refractivity contribution is -0.130. The first-order valence-electron chi connectivity index (χ1n) is 8.38. The van der Waals surface area contributed by atoms with Gasteiger partial charge in [0.15, 0.2) is 0 Å². The summed E-state index contributed by atoms with van der Waals surface area (Å²) in [4.78, 5) is 24.9. The number of benzene rings is 1. The predicted octanol–water partition coefficient (Wildman–Crippen LogP) is 2.42. The van der Waals surface area contributed by atoms with Crippen LogP contribution in [0.4, 0.5) is 5.82 Å². The van der Waals surface area contributed by atoms with Crippen molar-refractivity contribution in [2.24, 2.45) is 0 Å². The van der Waals surface area contributed by atoms with Crippen molar-refractivity contribution in [2.75, 3.05) is 37.7 Å². The van der Waals surface area contributed by atoms with Crippen LogP contribution in [-0.4, -0.2) is 53.6 Å². The molecule has 1 aromatic heterocycles. The number of halogens is 1. The number of nitrogens with zero attached hydrogens (tertiary/aromatic N) is 4. The summed E-state index contributed by atoms with van der Waals surface area (Å²) in [6.07, 6.45) is 1.84. The van der Waals surface area contributed by atoms with Crippen molar-refractivity contribution in [1.82, 2.24) is 14.9 Å². The minimum absolute atomic E-state index is 0.102. The fourth-order valence-corrected chi connectivity index (χ4v) is 3.03. The van der Waals surface area contributed by atoms with Gasteiger partial charge in [0.05, 0.1) is 13.0 Å². The van der Waals surface area contributed by atoms with Crippen molar-refractivity contribution in [3.8, 4) is 5.88 Å². The number of anilines is 1. The predicted molar refractivity (Wildman–Crippen MR) is 97.2 cm³/mol. The third kappa shape index (κ3) is 4.39. The Bertz CT molecular complexity index is 733. The lowest BCUT2D eigenvalue weighted by Gasteiger charge is -2.35. The fraction of sp³-hybridized carbons (Fsp3) is 0.389. The molecule has 0 spiro atoms. The minimum atomic E-state index is 0.102. The average Bonchev–Trinajstić information content (AvgIpc) is 2.64. The number of aromatic nitrogens is 2. The summed E-state index contributed by atoms with van der Waals surface area (Å²) >= 11 is 6.15. The van der Waals surface area contributed by atoms with Gasteiger partial charge in [-0.2, -0.15) is 0 Å². The Labute approximate surface area is 152 Å². The zero-order chi connectivity index (χ0) is 17.6. The third-order valence-electron chi connectivity index (χ3n) is 4.18. The van der Waals surface area contributed by atoms with E-state index in [0.717, 1.165) is 24.5 Å². The highest BCUT2D eigenvalue weighted by atomic mass is 35.5. The van der Waals surface area contributed by atoms with Gasteiger partial charge in [0, 0.05) is 37.3 Å². The fourth-order valence-electron chi connectivity index (χ4n) is 2.83. The molecule has 1 aliphatic rings. The second-order valence-electron chi connectivity index (χ2n) is 5.78. The van der Waals surface area contributed by atoms with E-state index in [1.165, 1.54) is 6.33 Å². The van der Waals surface area contributed by atoms with Crippen molar-refractivity contribution in [3.63, 3.8) is 0 Å². The zero-order valence-corrected chi connectivity index (χ0v) is 14.9. The van der Waals surface area contributed by atoms with E-state index in [9.17, 15) is 4.79 Å². The van der Waals surface area contributed by atoms with Crippen molar-refractivity contribution in [2.45, 2.75) is 13.3 Å². The molecule has 0 atom stereocenters. The number of piperazine rings is 1. The molecule has 1 aliphatic heterocycles. The molecule has 0 radical (unpaired) electrons. The molecule has 2 aromatic rings. The number of ether oxygens (including phenoxy) is 1. The Morgan fingerprint density at radius 2 is 1.96 bits per heavy atom. The number of carbonyl (C=O) groups excluding carboxylic acids is 1. The Kier molecular flexibility index (Phi) is 5.71. The van der Waals surface area contributed by atoms with Crippen LogP contribution in [0.3, 0.4) is 0 Å². The summed E-state index contributed by atoms with van der Waals surface area (Å²) < 4.78 is 5.42. The van der Waals surface area contributed by atoms with Crippen LogP contribution in [0.5, 0.6) is 5.88 Å². The van der Waals surface area contributed by atoms with Gasteiger partial charge in [-0.15, -0.1) is 0 Å². The van der Waals surface area contributed by atoms with Crippen LogP contribution in [0.15, 0.2) is 36.7 Å².